The molecule has 1 aliphatic carbocycles. The molecule has 0 bridgehead atoms. The van der Waals surface area contributed by atoms with E-state index in [0.29, 0.717) is 17.3 Å². The topological polar surface area (TPSA) is 139 Å². The first kappa shape index (κ1) is 33.1. The highest BCUT2D eigenvalue weighted by Gasteiger charge is 2.33. The summed E-state index contributed by atoms with van der Waals surface area (Å²) in [6.45, 7) is 1.91. The van der Waals surface area contributed by atoms with Crippen molar-refractivity contribution in [1.29, 1.82) is 0 Å². The Labute approximate surface area is 262 Å². The van der Waals surface area contributed by atoms with Gasteiger partial charge >= 0.3 is 6.09 Å². The number of carbonyl (C=O) groups excluding carboxylic acids is 3. The Hall–Kier alpha value is -3.80. The van der Waals surface area contributed by atoms with Crippen molar-refractivity contribution < 1.29 is 29.0 Å². The molecule has 4 N–H and O–H groups in total. The van der Waals surface area contributed by atoms with Crippen LogP contribution in [0.4, 0.5) is 4.79 Å². The molecular formula is C33H42N4O6S. The van der Waals surface area contributed by atoms with Gasteiger partial charge in [-0.15, -0.1) is 11.3 Å². The second-order valence-corrected chi connectivity index (χ2v) is 11.9. The van der Waals surface area contributed by atoms with Crippen LogP contribution in [0, 0.1) is 5.92 Å². The SMILES string of the molecule is CCO[C@H](NC(=O)[C@H](Cc1ccccc1)NC(=O)OCc1ccccc1)C(=O)NC(CC1CCCCC1)[C@@H](O)c1nccs1. The monoisotopic (exact) mass is 622 g/mol. The van der Waals surface area contributed by atoms with E-state index < -0.39 is 42.3 Å². The van der Waals surface area contributed by atoms with Crippen molar-refractivity contribution in [3.8, 4) is 0 Å². The number of ether oxygens (including phenoxy) is 2. The molecule has 4 atom stereocenters. The van der Waals surface area contributed by atoms with E-state index in [9.17, 15) is 19.5 Å². The number of aromatic nitrogens is 1. The van der Waals surface area contributed by atoms with Gasteiger partial charge in [0, 0.05) is 24.6 Å². The zero-order valence-corrected chi connectivity index (χ0v) is 25.8. The highest BCUT2D eigenvalue weighted by atomic mass is 32.1. The van der Waals surface area contributed by atoms with E-state index in [4.69, 9.17) is 9.47 Å². The predicted molar refractivity (Wildman–Crippen MR) is 167 cm³/mol. The van der Waals surface area contributed by atoms with E-state index in [1.165, 1.54) is 17.8 Å². The van der Waals surface area contributed by atoms with Gasteiger partial charge in [0.05, 0.1) is 6.04 Å². The standard InChI is InChI=1S/C33H42N4O6S/c1-2-42-31(30(40)35-26(20-23-12-6-3-7-13-23)28(38)32-34-18-19-44-32)37-29(39)27(21-24-14-8-4-9-15-24)36-33(41)43-22-25-16-10-5-11-17-25/h4-5,8-11,14-19,23,26-28,31,38H,2-3,6-7,12-13,20-22H2,1H3,(H,35,40)(H,36,41)(H,37,39)/t26?,27-,28+,31-/m0/s1. The number of hydrogen-bond donors (Lipinski definition) is 4. The minimum absolute atomic E-state index is 0.0418. The van der Waals surface area contributed by atoms with Gasteiger partial charge < -0.3 is 30.5 Å². The molecule has 0 saturated heterocycles. The maximum absolute atomic E-state index is 13.6. The Morgan fingerprint density at radius 1 is 0.932 bits per heavy atom. The molecule has 2 aromatic carbocycles. The van der Waals surface area contributed by atoms with Crippen LogP contribution < -0.4 is 16.0 Å². The van der Waals surface area contributed by atoms with Crippen LogP contribution in [0.5, 0.6) is 0 Å². The second kappa shape index (κ2) is 17.5. The summed E-state index contributed by atoms with van der Waals surface area (Å²) in [6, 6.07) is 16.8. The van der Waals surface area contributed by atoms with Gasteiger partial charge in [0.25, 0.3) is 5.91 Å². The van der Waals surface area contributed by atoms with Crippen LogP contribution in [0.1, 0.15) is 67.7 Å². The molecule has 236 valence electrons. The normalized spacial score (nSPS) is 16.2. The van der Waals surface area contributed by atoms with Gasteiger partial charge in [-0.1, -0.05) is 92.8 Å². The van der Waals surface area contributed by atoms with Crippen LogP contribution in [-0.2, 0) is 32.1 Å². The maximum Gasteiger partial charge on any atom is 0.408 e. The minimum atomic E-state index is -1.34. The molecule has 0 radical (unpaired) electrons. The van der Waals surface area contributed by atoms with Crippen molar-refractivity contribution in [2.45, 2.75) is 82.9 Å². The van der Waals surface area contributed by atoms with E-state index in [-0.39, 0.29) is 19.6 Å². The summed E-state index contributed by atoms with van der Waals surface area (Å²) in [6.07, 6.45) is 4.80. The highest BCUT2D eigenvalue weighted by molar-refractivity contribution is 7.09. The molecule has 3 amide bonds. The number of aliphatic hydroxyl groups excluding tert-OH is 1. The first-order valence-corrected chi connectivity index (χ1v) is 16.1. The van der Waals surface area contributed by atoms with Gasteiger partial charge in [-0.3, -0.25) is 9.59 Å². The maximum atomic E-state index is 13.6. The van der Waals surface area contributed by atoms with Gasteiger partial charge in [-0.25, -0.2) is 9.78 Å². The van der Waals surface area contributed by atoms with Crippen molar-refractivity contribution >= 4 is 29.2 Å². The molecule has 10 nitrogen and oxygen atoms in total. The molecule has 1 heterocycles. The summed E-state index contributed by atoms with van der Waals surface area (Å²) >= 11 is 1.33. The average Bonchev–Trinajstić information content (AvgIpc) is 3.59. The summed E-state index contributed by atoms with van der Waals surface area (Å²) < 4.78 is 11.0. The van der Waals surface area contributed by atoms with Gasteiger partial charge in [0.1, 0.15) is 23.8 Å². The lowest BCUT2D eigenvalue weighted by Crippen LogP contribution is -2.57. The van der Waals surface area contributed by atoms with Gasteiger partial charge in [-0.2, -0.15) is 0 Å². The van der Waals surface area contributed by atoms with Crippen LogP contribution in [0.3, 0.4) is 0 Å². The molecule has 1 aliphatic rings. The Bertz CT molecular complexity index is 1290. The Kier molecular flexibility index (Phi) is 13.2. The molecule has 4 rings (SSSR count). The third kappa shape index (κ3) is 10.4. The smallest absolute Gasteiger partial charge is 0.408 e. The third-order valence-corrected chi connectivity index (χ3v) is 8.52. The number of thiazole rings is 1. The fourth-order valence-corrected chi connectivity index (χ4v) is 6.09. The first-order chi connectivity index (χ1) is 21.4. The summed E-state index contributed by atoms with van der Waals surface area (Å²) in [5.74, 6) is -0.824. The van der Waals surface area contributed by atoms with Crippen molar-refractivity contribution in [3.63, 3.8) is 0 Å². The van der Waals surface area contributed by atoms with Gasteiger partial charge in [-0.05, 0) is 30.4 Å². The van der Waals surface area contributed by atoms with E-state index in [1.54, 1.807) is 18.5 Å². The Morgan fingerprint density at radius 2 is 1.61 bits per heavy atom. The molecule has 1 unspecified atom stereocenters. The molecule has 1 saturated carbocycles. The van der Waals surface area contributed by atoms with Crippen molar-refractivity contribution in [2.75, 3.05) is 6.61 Å². The lowest BCUT2D eigenvalue weighted by Gasteiger charge is -2.31. The largest absolute Gasteiger partial charge is 0.445 e. The summed E-state index contributed by atoms with van der Waals surface area (Å²) in [5, 5.41) is 21.7. The molecule has 0 aliphatic heterocycles. The Balaban J connectivity index is 1.44. The fourth-order valence-electron chi connectivity index (χ4n) is 5.41. The number of nitrogens with one attached hydrogen (secondary N) is 3. The number of nitrogens with zero attached hydrogens (tertiary/aromatic N) is 1. The van der Waals surface area contributed by atoms with E-state index in [2.05, 4.69) is 20.9 Å². The van der Waals surface area contributed by atoms with Crippen LogP contribution >= 0.6 is 11.3 Å². The third-order valence-electron chi connectivity index (χ3n) is 7.67. The average molecular weight is 623 g/mol. The van der Waals surface area contributed by atoms with E-state index >= 15 is 0 Å². The lowest BCUT2D eigenvalue weighted by atomic mass is 9.83. The second-order valence-electron chi connectivity index (χ2n) is 11.0. The number of rotatable bonds is 15. The zero-order valence-electron chi connectivity index (χ0n) is 25.0. The number of hydrogen-bond acceptors (Lipinski definition) is 8. The van der Waals surface area contributed by atoms with Gasteiger partial charge in [0.2, 0.25) is 12.1 Å². The number of alkyl carbamates (subject to hydrolysis) is 1. The summed E-state index contributed by atoms with van der Waals surface area (Å²) in [7, 11) is 0. The van der Waals surface area contributed by atoms with E-state index in [0.717, 1.165) is 36.8 Å². The first-order valence-electron chi connectivity index (χ1n) is 15.2. The quantitative estimate of drug-likeness (QED) is 0.181. The van der Waals surface area contributed by atoms with Crippen molar-refractivity contribution in [1.82, 2.24) is 20.9 Å². The molecule has 1 aromatic heterocycles. The predicted octanol–water partition coefficient (Wildman–Crippen LogP) is 4.65. The molecule has 0 spiro atoms. The summed E-state index contributed by atoms with van der Waals surface area (Å²) in [5.41, 5.74) is 1.62. The van der Waals surface area contributed by atoms with Crippen LogP contribution in [-0.4, -0.2) is 52.9 Å². The molecular weight excluding hydrogens is 580 g/mol. The molecule has 44 heavy (non-hydrogen) atoms. The molecule has 11 heteroatoms. The number of benzene rings is 2. The summed E-state index contributed by atoms with van der Waals surface area (Å²) in [4.78, 5) is 44.1. The molecule has 1 fully saturated rings. The van der Waals surface area contributed by atoms with Crippen LogP contribution in [0.25, 0.3) is 0 Å². The number of amides is 3. The molecule has 3 aromatic rings. The number of carbonyl (C=O) groups is 3. The fraction of sp³-hybridized carbons (Fsp3) is 0.455. The minimum Gasteiger partial charge on any atom is -0.445 e. The van der Waals surface area contributed by atoms with Crippen molar-refractivity contribution in [2.24, 2.45) is 5.92 Å². The highest BCUT2D eigenvalue weighted by Crippen LogP contribution is 2.31. The van der Waals surface area contributed by atoms with Crippen LogP contribution in [0.15, 0.2) is 72.2 Å². The number of aliphatic hydroxyl groups is 1. The van der Waals surface area contributed by atoms with Crippen LogP contribution in [0.2, 0.25) is 0 Å². The lowest BCUT2D eigenvalue weighted by molar-refractivity contribution is -0.142. The zero-order chi connectivity index (χ0) is 31.1. The van der Waals surface area contributed by atoms with Gasteiger partial charge in [0.15, 0.2) is 0 Å². The van der Waals surface area contributed by atoms with Crippen molar-refractivity contribution in [3.05, 3.63) is 88.4 Å². The Morgan fingerprint density at radius 3 is 2.25 bits per heavy atom. The van der Waals surface area contributed by atoms with E-state index in [1.807, 2.05) is 60.7 Å².